The molecule has 2 heteroatoms. The molecule has 18 rings (SSSR count). The number of para-hydroxylation sites is 1. The summed E-state index contributed by atoms with van der Waals surface area (Å²) in [4.78, 5) is 0. The number of hydrogen-bond donors (Lipinski definition) is 0. The lowest BCUT2D eigenvalue weighted by Crippen LogP contribution is -1.93. The zero-order valence-electron chi connectivity index (χ0n) is 46.7. The average Bonchev–Trinajstić information content (AvgIpc) is 1.36. The van der Waals surface area contributed by atoms with Crippen LogP contribution in [0.1, 0.15) is 0 Å². The third-order valence-corrected chi connectivity index (χ3v) is 18.3. The van der Waals surface area contributed by atoms with E-state index in [0.717, 1.165) is 71.7 Å². The van der Waals surface area contributed by atoms with Crippen molar-refractivity contribution in [1.29, 1.82) is 0 Å². The summed E-state index contributed by atoms with van der Waals surface area (Å²) in [6.45, 7) is 0. The van der Waals surface area contributed by atoms with Crippen LogP contribution in [-0.4, -0.2) is 0 Å². The molecule has 0 fully saturated rings. The summed E-state index contributed by atoms with van der Waals surface area (Å²) in [5.41, 5.74) is 20.0. The van der Waals surface area contributed by atoms with Crippen molar-refractivity contribution in [2.45, 2.75) is 0 Å². The Bertz CT molecular complexity index is 5770. The molecule has 2 aromatic heterocycles. The summed E-state index contributed by atoms with van der Waals surface area (Å²) in [5.74, 6) is 0. The molecular weight excluding hydrogens is 1040 g/mol. The summed E-state index contributed by atoms with van der Waals surface area (Å²) >= 11 is 0. The van der Waals surface area contributed by atoms with Crippen molar-refractivity contribution >= 4 is 109 Å². The van der Waals surface area contributed by atoms with Crippen molar-refractivity contribution in [1.82, 2.24) is 0 Å². The van der Waals surface area contributed by atoms with E-state index in [0.29, 0.717) is 0 Å². The largest absolute Gasteiger partial charge is 0.456 e. The zero-order valence-corrected chi connectivity index (χ0v) is 46.7. The molecule has 0 saturated carbocycles. The van der Waals surface area contributed by atoms with Crippen LogP contribution < -0.4 is 0 Å². The van der Waals surface area contributed by atoms with E-state index >= 15 is 0 Å². The maximum Gasteiger partial charge on any atom is 0.136 e. The van der Waals surface area contributed by atoms with Crippen LogP contribution in [0.5, 0.6) is 0 Å². The Hall–Kier alpha value is -11.3. The molecule has 0 saturated heterocycles. The van der Waals surface area contributed by atoms with E-state index in [-0.39, 0.29) is 0 Å². The Balaban J connectivity index is 0.824. The molecular formula is C84H50O2. The first-order valence-electron chi connectivity index (χ1n) is 29.6. The monoisotopic (exact) mass is 1090 g/mol. The summed E-state index contributed by atoms with van der Waals surface area (Å²) in [6.07, 6.45) is 0. The molecule has 2 heterocycles. The van der Waals surface area contributed by atoms with Crippen LogP contribution in [0.2, 0.25) is 0 Å². The standard InChI is InChI=1S/C84H50O2/c1-2-20-55-48-58(43-38-51(55)18-1)61-23-5-6-24-62(61)80-65-27-9-11-29-67(65)81(68-30-12-10-28-66(68)80)72-33-17-37-77-84(72)71-47-45-57(50-78(71)86-77)56-44-46-69-74(49-56)79(54-41-39-53(40-42-54)60-32-15-21-52-19-3-4-22-59(52)60)63-25-7-8-26-64(63)82(69)73-34-16-36-76-83(73)70-31-13-14-35-75(70)85-76/h1-50H. The minimum atomic E-state index is 0.849. The maximum absolute atomic E-state index is 7.04. The number of benzene rings is 16. The van der Waals surface area contributed by atoms with Gasteiger partial charge >= 0.3 is 0 Å². The topological polar surface area (TPSA) is 26.3 Å². The highest BCUT2D eigenvalue weighted by Crippen LogP contribution is 2.51. The van der Waals surface area contributed by atoms with Gasteiger partial charge in [0.2, 0.25) is 0 Å². The van der Waals surface area contributed by atoms with Gasteiger partial charge < -0.3 is 8.83 Å². The Morgan fingerprint density at radius 3 is 1.22 bits per heavy atom. The van der Waals surface area contributed by atoms with Gasteiger partial charge in [0.25, 0.3) is 0 Å². The predicted octanol–water partition coefficient (Wildman–Crippen LogP) is 24.1. The van der Waals surface area contributed by atoms with Crippen LogP contribution >= 0.6 is 0 Å². The van der Waals surface area contributed by atoms with E-state index in [4.69, 9.17) is 8.83 Å². The number of furan rings is 2. The maximum atomic E-state index is 7.04. The number of fused-ring (bicyclic) bond motifs is 12. The van der Waals surface area contributed by atoms with Gasteiger partial charge in [0.15, 0.2) is 0 Å². The Morgan fingerprint density at radius 2 is 0.558 bits per heavy atom. The van der Waals surface area contributed by atoms with Gasteiger partial charge in [0, 0.05) is 21.5 Å². The second-order valence-corrected chi connectivity index (χ2v) is 22.9. The van der Waals surface area contributed by atoms with Crippen LogP contribution in [0.25, 0.3) is 186 Å². The van der Waals surface area contributed by atoms with E-state index in [9.17, 15) is 0 Å². The van der Waals surface area contributed by atoms with Crippen LogP contribution in [0, 0.1) is 0 Å². The Kier molecular flexibility index (Phi) is 10.7. The van der Waals surface area contributed by atoms with Crippen LogP contribution in [0.4, 0.5) is 0 Å². The van der Waals surface area contributed by atoms with E-state index in [1.807, 2.05) is 0 Å². The molecule has 0 amide bonds. The van der Waals surface area contributed by atoms with Gasteiger partial charge in [-0.3, -0.25) is 0 Å². The third-order valence-electron chi connectivity index (χ3n) is 18.3. The fourth-order valence-electron chi connectivity index (χ4n) is 14.5. The van der Waals surface area contributed by atoms with E-state index in [2.05, 4.69) is 303 Å². The lowest BCUT2D eigenvalue weighted by atomic mass is 9.83. The zero-order chi connectivity index (χ0) is 56.4. The molecule has 0 aliphatic rings. The second-order valence-electron chi connectivity index (χ2n) is 22.9. The summed E-state index contributed by atoms with van der Waals surface area (Å²) in [7, 11) is 0. The number of hydrogen-bond acceptors (Lipinski definition) is 2. The van der Waals surface area contributed by atoms with E-state index in [1.54, 1.807) is 0 Å². The minimum Gasteiger partial charge on any atom is -0.456 e. The first-order chi connectivity index (χ1) is 42.7. The Labute approximate surface area is 495 Å². The molecule has 0 aliphatic carbocycles. The predicted molar refractivity (Wildman–Crippen MR) is 364 cm³/mol. The van der Waals surface area contributed by atoms with Gasteiger partial charge in [-0.05, 0) is 185 Å². The quantitative estimate of drug-likeness (QED) is 0.149. The molecule has 0 spiro atoms. The highest BCUT2D eigenvalue weighted by molar-refractivity contribution is 6.28. The molecule has 0 radical (unpaired) electrons. The van der Waals surface area contributed by atoms with Crippen molar-refractivity contribution in [3.05, 3.63) is 303 Å². The fraction of sp³-hybridized carbons (Fsp3) is 0. The van der Waals surface area contributed by atoms with Crippen molar-refractivity contribution in [3.63, 3.8) is 0 Å². The molecule has 2 nitrogen and oxygen atoms in total. The normalized spacial score (nSPS) is 12.0. The van der Waals surface area contributed by atoms with Gasteiger partial charge in [-0.15, -0.1) is 0 Å². The molecule has 0 aliphatic heterocycles. The van der Waals surface area contributed by atoms with Crippen molar-refractivity contribution in [2.75, 3.05) is 0 Å². The highest BCUT2D eigenvalue weighted by Gasteiger charge is 2.25. The summed E-state index contributed by atoms with van der Waals surface area (Å²) in [6, 6.07) is 111. The molecule has 0 N–H and O–H groups in total. The third kappa shape index (κ3) is 7.40. The molecule has 0 bridgehead atoms. The first-order valence-corrected chi connectivity index (χ1v) is 29.6. The second kappa shape index (κ2) is 19.1. The molecule has 0 unspecified atom stereocenters. The SMILES string of the molecule is c1ccc(-c2c3ccccc3c(-c3cccc4oc5cc(-c6ccc7c(-c8cccc9oc%10ccccc%10c89)c8ccccc8c(-c8ccc(-c9cccc%10ccccc9%10)cc8)c7c6)ccc5c34)c3ccccc23)c(-c2ccc3ccccc3c2)c1. The lowest BCUT2D eigenvalue weighted by Gasteiger charge is -2.20. The summed E-state index contributed by atoms with van der Waals surface area (Å²) in [5, 5.41) is 18.9. The first kappa shape index (κ1) is 48.2. The van der Waals surface area contributed by atoms with Crippen molar-refractivity contribution in [2.24, 2.45) is 0 Å². The van der Waals surface area contributed by atoms with Gasteiger partial charge in [0.1, 0.15) is 22.3 Å². The molecule has 0 atom stereocenters. The number of rotatable bonds is 7. The van der Waals surface area contributed by atoms with E-state index in [1.165, 1.54) is 115 Å². The van der Waals surface area contributed by atoms with Crippen LogP contribution in [-0.2, 0) is 0 Å². The smallest absolute Gasteiger partial charge is 0.136 e. The lowest BCUT2D eigenvalue weighted by molar-refractivity contribution is 0.668. The highest BCUT2D eigenvalue weighted by atomic mass is 16.3. The van der Waals surface area contributed by atoms with Crippen LogP contribution in [0.15, 0.2) is 312 Å². The van der Waals surface area contributed by atoms with Crippen molar-refractivity contribution < 1.29 is 8.83 Å². The molecule has 16 aromatic carbocycles. The van der Waals surface area contributed by atoms with Gasteiger partial charge in [-0.25, -0.2) is 0 Å². The Morgan fingerprint density at radius 1 is 0.163 bits per heavy atom. The minimum absolute atomic E-state index is 0.849. The van der Waals surface area contributed by atoms with Crippen molar-refractivity contribution in [3.8, 4) is 77.9 Å². The van der Waals surface area contributed by atoms with Gasteiger partial charge in [0.05, 0.1) is 0 Å². The van der Waals surface area contributed by atoms with E-state index < -0.39 is 0 Å². The molecule has 398 valence electrons. The van der Waals surface area contributed by atoms with Gasteiger partial charge in [-0.1, -0.05) is 261 Å². The fourth-order valence-corrected chi connectivity index (χ4v) is 14.5. The van der Waals surface area contributed by atoms with Crippen LogP contribution in [0.3, 0.4) is 0 Å². The summed E-state index contributed by atoms with van der Waals surface area (Å²) < 4.78 is 13.6. The molecule has 18 aromatic rings. The average molecular weight is 1090 g/mol. The molecule has 86 heavy (non-hydrogen) atoms. The van der Waals surface area contributed by atoms with Gasteiger partial charge in [-0.2, -0.15) is 0 Å².